The lowest BCUT2D eigenvalue weighted by atomic mass is 9.97. The molecular weight excluding hydrogens is 464 g/mol. The van der Waals surface area contributed by atoms with E-state index in [0.717, 1.165) is 27.9 Å². The van der Waals surface area contributed by atoms with E-state index in [2.05, 4.69) is 9.97 Å². The van der Waals surface area contributed by atoms with Crippen molar-refractivity contribution in [2.45, 2.75) is 19.9 Å². The molecule has 5 rings (SSSR count). The molecule has 0 aliphatic rings. The highest BCUT2D eigenvalue weighted by Crippen LogP contribution is 2.33. The van der Waals surface area contributed by atoms with Gasteiger partial charge in [0.25, 0.3) is 5.56 Å². The van der Waals surface area contributed by atoms with Gasteiger partial charge in [-0.05, 0) is 29.3 Å². The Balaban J connectivity index is 1.52. The molecule has 0 unspecified atom stereocenters. The molecule has 0 aliphatic carbocycles. The molecule has 184 valence electrons. The number of aromatic nitrogens is 3. The average Bonchev–Trinajstić information content (AvgIpc) is 2.96. The molecule has 0 aliphatic heterocycles. The number of H-pyrrole nitrogens is 1. The fraction of sp³-hybridized carbons (Fsp3) is 0.133. The number of hydrogen-bond donors (Lipinski definition) is 1. The van der Waals surface area contributed by atoms with Gasteiger partial charge in [-0.3, -0.25) is 9.59 Å². The Morgan fingerprint density at radius 1 is 0.973 bits per heavy atom. The number of anilines is 1. The summed E-state index contributed by atoms with van der Waals surface area (Å²) >= 11 is 0. The molecule has 0 saturated heterocycles. The van der Waals surface area contributed by atoms with Crippen molar-refractivity contribution in [2.75, 3.05) is 12.0 Å². The molecule has 0 atom stereocenters. The zero-order valence-electron chi connectivity index (χ0n) is 20.6. The number of amides is 1. The normalized spacial score (nSPS) is 10.9. The monoisotopic (exact) mass is 490 g/mol. The minimum Gasteiger partial charge on any atom is -0.481 e. The minimum absolute atomic E-state index is 0.00354. The van der Waals surface area contributed by atoms with Crippen molar-refractivity contribution in [1.29, 1.82) is 0 Å². The summed E-state index contributed by atoms with van der Waals surface area (Å²) in [5, 5.41) is 0.545. The van der Waals surface area contributed by atoms with Gasteiger partial charge in [-0.2, -0.15) is 0 Å². The second-order valence-electron chi connectivity index (χ2n) is 8.58. The molecule has 0 bridgehead atoms. The van der Waals surface area contributed by atoms with Crippen LogP contribution < -0.4 is 15.2 Å². The molecule has 1 N–H and O–H groups in total. The number of ether oxygens (including phenoxy) is 1. The molecule has 37 heavy (non-hydrogen) atoms. The highest BCUT2D eigenvalue weighted by atomic mass is 16.5. The largest absolute Gasteiger partial charge is 0.481 e. The highest BCUT2D eigenvalue weighted by Gasteiger charge is 2.17. The number of fused-ring (bicyclic) bond motifs is 1. The van der Waals surface area contributed by atoms with Crippen molar-refractivity contribution in [2.24, 2.45) is 0 Å². The third-order valence-electron chi connectivity index (χ3n) is 6.25. The predicted molar refractivity (Wildman–Crippen MR) is 146 cm³/mol. The van der Waals surface area contributed by atoms with Crippen LogP contribution in [0.4, 0.5) is 5.69 Å². The van der Waals surface area contributed by atoms with E-state index in [9.17, 15) is 9.59 Å². The maximum Gasteiger partial charge on any atom is 0.257 e. The maximum atomic E-state index is 12.7. The number of methoxy groups -OCH3 is 1. The number of carbonyl (C=O) groups excluding carboxylic acids is 1. The van der Waals surface area contributed by atoms with Gasteiger partial charge >= 0.3 is 0 Å². The fourth-order valence-electron chi connectivity index (χ4n) is 4.29. The lowest BCUT2D eigenvalue weighted by molar-refractivity contribution is -0.118. The molecule has 0 fully saturated rings. The molecule has 0 radical (unpaired) electrons. The Kier molecular flexibility index (Phi) is 6.76. The van der Waals surface area contributed by atoms with E-state index in [0.29, 0.717) is 35.4 Å². The molecule has 7 nitrogen and oxygen atoms in total. The van der Waals surface area contributed by atoms with Crippen LogP contribution in [0.15, 0.2) is 96.1 Å². The van der Waals surface area contributed by atoms with Gasteiger partial charge in [-0.25, -0.2) is 9.97 Å². The number of rotatable bonds is 7. The lowest BCUT2D eigenvalue weighted by Crippen LogP contribution is -2.29. The number of aromatic amines is 1. The van der Waals surface area contributed by atoms with Gasteiger partial charge in [-0.1, -0.05) is 61.5 Å². The van der Waals surface area contributed by atoms with Crippen LogP contribution in [0.1, 0.15) is 18.9 Å². The Morgan fingerprint density at radius 2 is 1.76 bits per heavy atom. The first-order valence-electron chi connectivity index (χ1n) is 12.0. The smallest absolute Gasteiger partial charge is 0.257 e. The fourth-order valence-corrected chi connectivity index (χ4v) is 4.29. The molecule has 3 heterocycles. The zero-order chi connectivity index (χ0) is 25.8. The number of nitrogens with zero attached hydrogens (tertiary/aromatic N) is 3. The summed E-state index contributed by atoms with van der Waals surface area (Å²) < 4.78 is 5.14. The van der Waals surface area contributed by atoms with Gasteiger partial charge in [0, 0.05) is 29.8 Å². The van der Waals surface area contributed by atoms with Crippen LogP contribution in [0.2, 0.25) is 0 Å². The maximum absolute atomic E-state index is 12.7. The lowest BCUT2D eigenvalue weighted by Gasteiger charge is -2.22. The van der Waals surface area contributed by atoms with Crippen molar-refractivity contribution in [1.82, 2.24) is 15.0 Å². The molecule has 5 aromatic rings. The molecule has 7 heteroatoms. The van der Waals surface area contributed by atoms with Crippen molar-refractivity contribution in [3.8, 4) is 28.3 Å². The van der Waals surface area contributed by atoms with Crippen LogP contribution >= 0.6 is 0 Å². The van der Waals surface area contributed by atoms with Crippen LogP contribution in [-0.4, -0.2) is 28.0 Å². The SMILES string of the molecule is CCC(=O)N(Cc1ccc(-c2nc3cc[nH]c(=O)c3cc2-c2ccccc2)cc1)c1ccc(OC)nc1. The van der Waals surface area contributed by atoms with E-state index in [1.54, 1.807) is 36.5 Å². The number of hydrogen-bond acceptors (Lipinski definition) is 5. The average molecular weight is 491 g/mol. The summed E-state index contributed by atoms with van der Waals surface area (Å²) in [7, 11) is 1.56. The minimum atomic E-state index is -0.169. The van der Waals surface area contributed by atoms with Gasteiger partial charge in [0.15, 0.2) is 0 Å². The standard InChI is InChI=1S/C30H26N4O3/c1-3-28(35)34(23-13-14-27(37-2)32-18-23)19-20-9-11-22(12-10-20)29-24(21-7-5-4-6-8-21)17-25-26(33-29)15-16-31-30(25)36/h4-18H,3,19H2,1-2H3,(H,31,36). The second kappa shape index (κ2) is 10.5. The topological polar surface area (TPSA) is 88.2 Å². The summed E-state index contributed by atoms with van der Waals surface area (Å²) in [6, 6.07) is 25.2. The van der Waals surface area contributed by atoms with Crippen LogP contribution in [0.5, 0.6) is 5.88 Å². The van der Waals surface area contributed by atoms with Crippen molar-refractivity contribution >= 4 is 22.5 Å². The molecule has 2 aromatic carbocycles. The molecule has 1 amide bonds. The third kappa shape index (κ3) is 4.97. The summed E-state index contributed by atoms with van der Waals surface area (Å²) in [6.45, 7) is 2.25. The van der Waals surface area contributed by atoms with E-state index >= 15 is 0 Å². The number of benzene rings is 2. The van der Waals surface area contributed by atoms with E-state index < -0.39 is 0 Å². The van der Waals surface area contributed by atoms with Gasteiger partial charge in [0.1, 0.15) is 0 Å². The van der Waals surface area contributed by atoms with E-state index in [-0.39, 0.29) is 11.5 Å². The number of carbonyl (C=O) groups is 1. The summed E-state index contributed by atoms with van der Waals surface area (Å²) in [6.07, 6.45) is 3.64. The highest BCUT2D eigenvalue weighted by molar-refractivity contribution is 5.93. The van der Waals surface area contributed by atoms with Crippen molar-refractivity contribution in [3.05, 3.63) is 107 Å². The Morgan fingerprint density at radius 3 is 2.43 bits per heavy atom. The summed E-state index contributed by atoms with van der Waals surface area (Å²) in [5.41, 5.74) is 5.72. The predicted octanol–water partition coefficient (Wildman–Crippen LogP) is 5.60. The first kappa shape index (κ1) is 23.9. The Hall–Kier alpha value is -4.78. The van der Waals surface area contributed by atoms with E-state index in [4.69, 9.17) is 9.72 Å². The van der Waals surface area contributed by atoms with Crippen LogP contribution in [0.25, 0.3) is 33.3 Å². The second-order valence-corrected chi connectivity index (χ2v) is 8.58. The zero-order valence-corrected chi connectivity index (χ0v) is 20.6. The molecular formula is C30H26N4O3. The summed E-state index contributed by atoms with van der Waals surface area (Å²) in [5.74, 6) is 0.500. The molecule has 3 aromatic heterocycles. The molecule has 0 spiro atoms. The van der Waals surface area contributed by atoms with Crippen LogP contribution in [0, 0.1) is 0 Å². The Labute approximate surface area is 214 Å². The van der Waals surface area contributed by atoms with Gasteiger partial charge in [0.2, 0.25) is 11.8 Å². The van der Waals surface area contributed by atoms with Gasteiger partial charge in [-0.15, -0.1) is 0 Å². The van der Waals surface area contributed by atoms with E-state index in [1.807, 2.05) is 73.7 Å². The third-order valence-corrected chi connectivity index (χ3v) is 6.25. The molecule has 0 saturated carbocycles. The van der Waals surface area contributed by atoms with Crippen LogP contribution in [-0.2, 0) is 11.3 Å². The van der Waals surface area contributed by atoms with Gasteiger partial charge in [0.05, 0.1) is 42.1 Å². The Bertz CT molecular complexity index is 1600. The quantitative estimate of drug-likeness (QED) is 0.321. The van der Waals surface area contributed by atoms with Gasteiger partial charge < -0.3 is 14.6 Å². The van der Waals surface area contributed by atoms with Crippen molar-refractivity contribution in [3.63, 3.8) is 0 Å². The number of nitrogens with one attached hydrogen (secondary N) is 1. The summed E-state index contributed by atoms with van der Waals surface area (Å²) in [4.78, 5) is 38.8. The number of pyridine rings is 3. The van der Waals surface area contributed by atoms with E-state index in [1.165, 1.54) is 0 Å². The first-order valence-corrected chi connectivity index (χ1v) is 12.0. The van der Waals surface area contributed by atoms with Crippen LogP contribution in [0.3, 0.4) is 0 Å². The van der Waals surface area contributed by atoms with Crippen molar-refractivity contribution < 1.29 is 9.53 Å². The first-order chi connectivity index (χ1) is 18.1.